The number of allylic oxidation sites excluding steroid dienone is 4. The largest absolute Gasteiger partial charge is 0.394 e. The van der Waals surface area contributed by atoms with Crippen molar-refractivity contribution in [2.24, 2.45) is 11.5 Å². The minimum atomic E-state index is -1.21. The summed E-state index contributed by atoms with van der Waals surface area (Å²) in [5, 5.41) is 20.7. The van der Waals surface area contributed by atoms with Crippen molar-refractivity contribution >= 4 is 17.5 Å². The summed E-state index contributed by atoms with van der Waals surface area (Å²) >= 11 is 0. The van der Waals surface area contributed by atoms with Crippen LogP contribution in [0, 0.1) is 0 Å². The quantitative estimate of drug-likeness (QED) is 0.0360. The van der Waals surface area contributed by atoms with Crippen LogP contribution in [0.2, 0.25) is 0 Å². The van der Waals surface area contributed by atoms with E-state index in [1.54, 1.807) is 0 Å². The molecule has 1 amide bonds. The molecule has 0 bridgehead atoms. The number of hydrogen-bond donors (Lipinski definition) is 4. The number of carbonyl (C=O) groups is 3. The molecule has 0 spiro atoms. The van der Waals surface area contributed by atoms with Gasteiger partial charge in [-0.2, -0.15) is 0 Å². The molecule has 0 aromatic heterocycles. The van der Waals surface area contributed by atoms with Crippen LogP contribution >= 0.6 is 0 Å². The summed E-state index contributed by atoms with van der Waals surface area (Å²) in [6, 6.07) is -3.39. The zero-order valence-electron chi connectivity index (χ0n) is 34.6. The number of aliphatic hydroxyl groups excluding tert-OH is 2. The summed E-state index contributed by atoms with van der Waals surface area (Å²) in [4.78, 5) is 41.6. The Morgan fingerprint density at radius 1 is 0.509 bits per heavy atom. The lowest BCUT2D eigenvalue weighted by molar-refractivity contribution is -0.150. The highest BCUT2D eigenvalue weighted by Gasteiger charge is 2.39. The van der Waals surface area contributed by atoms with Gasteiger partial charge >= 0.3 is 0 Å². The van der Waals surface area contributed by atoms with E-state index in [2.05, 4.69) is 38.2 Å². The first-order valence-electron chi connectivity index (χ1n) is 22.2. The van der Waals surface area contributed by atoms with Gasteiger partial charge in [-0.1, -0.05) is 141 Å². The van der Waals surface area contributed by atoms with Gasteiger partial charge in [0.05, 0.1) is 19.3 Å². The molecule has 0 fully saturated rings. The van der Waals surface area contributed by atoms with Crippen molar-refractivity contribution in [3.8, 4) is 0 Å². The molecule has 0 aliphatic rings. The molecule has 0 saturated heterocycles. The van der Waals surface area contributed by atoms with Crippen molar-refractivity contribution < 1.29 is 24.6 Å². The number of hydrogen-bond acceptors (Lipinski definition) is 7. The predicted molar refractivity (Wildman–Crippen MR) is 224 cm³/mol. The summed E-state index contributed by atoms with van der Waals surface area (Å²) in [5.41, 5.74) is 11.9. The molecule has 0 radical (unpaired) electrons. The van der Waals surface area contributed by atoms with Crippen molar-refractivity contribution in [2.45, 2.75) is 225 Å². The summed E-state index contributed by atoms with van der Waals surface area (Å²) in [5.74, 6) is -1.18. The summed E-state index contributed by atoms with van der Waals surface area (Å²) in [6.07, 6.45) is 40.3. The average molecular weight is 748 g/mol. The molecule has 2 unspecified atom stereocenters. The molecule has 8 nitrogen and oxygen atoms in total. The van der Waals surface area contributed by atoms with Crippen molar-refractivity contribution in [2.75, 3.05) is 19.8 Å². The fraction of sp³-hybridized carbons (Fsp3) is 0.844. The average Bonchev–Trinajstić information content (AvgIpc) is 3.16. The zero-order chi connectivity index (χ0) is 39.2. The van der Waals surface area contributed by atoms with Crippen molar-refractivity contribution in [1.82, 2.24) is 4.90 Å². The Hall–Kier alpha value is -1.87. The second-order valence-electron chi connectivity index (χ2n) is 15.3. The molecule has 0 aromatic rings. The Morgan fingerprint density at radius 2 is 0.830 bits per heavy atom. The van der Waals surface area contributed by atoms with E-state index in [0.717, 1.165) is 81.9 Å². The van der Waals surface area contributed by atoms with E-state index >= 15 is 0 Å². The van der Waals surface area contributed by atoms with Crippen LogP contribution in [0.3, 0.4) is 0 Å². The van der Waals surface area contributed by atoms with Gasteiger partial charge in [0.1, 0.15) is 12.1 Å². The number of Topliss-reactive ketones (excluding diaryl/α,β-unsaturated/α-hetero) is 2. The third-order valence-corrected chi connectivity index (χ3v) is 10.4. The minimum Gasteiger partial charge on any atom is -0.394 e. The van der Waals surface area contributed by atoms with E-state index in [9.17, 15) is 24.6 Å². The van der Waals surface area contributed by atoms with Crippen LogP contribution in [0.15, 0.2) is 24.3 Å². The van der Waals surface area contributed by atoms with Gasteiger partial charge < -0.3 is 26.6 Å². The van der Waals surface area contributed by atoms with Gasteiger partial charge in [-0.25, -0.2) is 0 Å². The van der Waals surface area contributed by atoms with Gasteiger partial charge in [0.15, 0.2) is 11.6 Å². The number of amides is 1. The molecule has 310 valence electrons. The first-order chi connectivity index (χ1) is 25.9. The van der Waals surface area contributed by atoms with Gasteiger partial charge in [-0.15, -0.1) is 0 Å². The highest BCUT2D eigenvalue weighted by molar-refractivity contribution is 5.95. The van der Waals surface area contributed by atoms with Crippen LogP contribution in [-0.2, 0) is 14.4 Å². The third kappa shape index (κ3) is 28.2. The van der Waals surface area contributed by atoms with E-state index in [1.165, 1.54) is 77.0 Å². The Labute approximate surface area is 326 Å². The summed E-state index contributed by atoms with van der Waals surface area (Å²) in [6.45, 7) is 3.62. The number of nitrogens with zero attached hydrogens (tertiary/aromatic N) is 1. The van der Waals surface area contributed by atoms with Crippen molar-refractivity contribution in [3.05, 3.63) is 24.3 Å². The molecule has 0 aliphatic carbocycles. The summed E-state index contributed by atoms with van der Waals surface area (Å²) in [7, 11) is 0. The van der Waals surface area contributed by atoms with Crippen LogP contribution in [0.25, 0.3) is 0 Å². The lowest BCUT2D eigenvalue weighted by atomic mass is 9.97. The lowest BCUT2D eigenvalue weighted by Gasteiger charge is -2.37. The standard InChI is InChI=1S/C45H85N3O5/c1-3-5-7-9-11-13-15-17-19-21-23-25-27-29-31-35-43(51)41(38-49)48(45(53)40(47)34-33-37-46)42(39-50)44(52)36-32-30-28-26-24-22-20-18-16-14-12-10-8-6-4-2/h17-20,40-42,49-50H,3-16,21-39,46-47H2,1-2H3/b19-17-,20-18-/t40-,41?,42?/m0/s1. The van der Waals surface area contributed by atoms with E-state index < -0.39 is 37.2 Å². The van der Waals surface area contributed by atoms with E-state index in [-0.39, 0.29) is 24.4 Å². The molecule has 53 heavy (non-hydrogen) atoms. The molecule has 0 rings (SSSR count). The number of carbonyl (C=O) groups excluding carboxylic acids is 3. The van der Waals surface area contributed by atoms with Crippen molar-refractivity contribution in [1.29, 1.82) is 0 Å². The van der Waals surface area contributed by atoms with Gasteiger partial charge in [-0.05, 0) is 83.6 Å². The fourth-order valence-corrected chi connectivity index (χ4v) is 6.94. The van der Waals surface area contributed by atoms with Crippen LogP contribution in [0.4, 0.5) is 0 Å². The molecular formula is C45H85N3O5. The van der Waals surface area contributed by atoms with E-state index in [0.29, 0.717) is 32.2 Å². The van der Waals surface area contributed by atoms with Crippen LogP contribution in [0.1, 0.15) is 206 Å². The normalized spacial score (nSPS) is 13.5. The minimum absolute atomic E-state index is 0.200. The topological polar surface area (TPSA) is 147 Å². The molecule has 0 heterocycles. The SMILES string of the molecule is CCCCCCCC/C=C\CCCCCCCC(=O)C(CO)N(C(=O)[C@@H](N)CCCN)C(CO)C(=O)CCCCCCC/C=C\CCCCCCCC. The highest BCUT2D eigenvalue weighted by Crippen LogP contribution is 2.19. The maximum atomic E-state index is 13.6. The second kappa shape index (κ2) is 38.4. The Bertz CT molecular complexity index is 864. The molecule has 3 atom stereocenters. The first-order valence-corrected chi connectivity index (χ1v) is 22.2. The number of unbranched alkanes of at least 4 members (excludes halogenated alkanes) is 22. The smallest absolute Gasteiger partial charge is 0.240 e. The highest BCUT2D eigenvalue weighted by atomic mass is 16.3. The Balaban J connectivity index is 4.75. The number of aliphatic hydroxyl groups is 2. The first kappa shape index (κ1) is 51.1. The second-order valence-corrected chi connectivity index (χ2v) is 15.3. The zero-order valence-corrected chi connectivity index (χ0v) is 34.6. The molecule has 6 N–H and O–H groups in total. The van der Waals surface area contributed by atoms with E-state index in [4.69, 9.17) is 11.5 Å². The molecule has 0 aliphatic heterocycles. The van der Waals surface area contributed by atoms with Gasteiger partial charge in [0.2, 0.25) is 5.91 Å². The maximum Gasteiger partial charge on any atom is 0.240 e. The van der Waals surface area contributed by atoms with Gasteiger partial charge in [0, 0.05) is 12.8 Å². The third-order valence-electron chi connectivity index (χ3n) is 10.4. The summed E-state index contributed by atoms with van der Waals surface area (Å²) < 4.78 is 0. The van der Waals surface area contributed by atoms with Gasteiger partial charge in [-0.3, -0.25) is 14.4 Å². The van der Waals surface area contributed by atoms with Crippen LogP contribution in [-0.4, -0.2) is 70.5 Å². The predicted octanol–water partition coefficient (Wildman–Crippen LogP) is 9.82. The molecular weight excluding hydrogens is 663 g/mol. The number of rotatable bonds is 40. The molecule has 0 aromatic carbocycles. The van der Waals surface area contributed by atoms with Crippen molar-refractivity contribution in [3.63, 3.8) is 0 Å². The molecule has 8 heteroatoms. The Kier molecular flexibility index (Phi) is 37.1. The van der Waals surface area contributed by atoms with Crippen LogP contribution in [0.5, 0.6) is 0 Å². The lowest BCUT2D eigenvalue weighted by Crippen LogP contribution is -2.60. The van der Waals surface area contributed by atoms with E-state index in [1.807, 2.05) is 0 Å². The van der Waals surface area contributed by atoms with Crippen LogP contribution < -0.4 is 11.5 Å². The maximum absolute atomic E-state index is 13.6. The molecule has 0 saturated carbocycles. The Morgan fingerprint density at radius 3 is 1.15 bits per heavy atom. The fourth-order valence-electron chi connectivity index (χ4n) is 6.94. The number of ketones is 2. The van der Waals surface area contributed by atoms with Gasteiger partial charge in [0.25, 0.3) is 0 Å². The number of nitrogens with two attached hydrogens (primary N) is 2. The monoisotopic (exact) mass is 748 g/mol.